The van der Waals surface area contributed by atoms with Crippen LogP contribution in [0, 0.1) is 17.8 Å². The van der Waals surface area contributed by atoms with Gasteiger partial charge in [-0.25, -0.2) is 4.79 Å². The third-order valence-corrected chi connectivity index (χ3v) is 4.81. The van der Waals surface area contributed by atoms with Crippen molar-refractivity contribution in [2.75, 3.05) is 0 Å². The summed E-state index contributed by atoms with van der Waals surface area (Å²) in [4.78, 5) is 41.6. The Kier molecular flexibility index (Phi) is 2.64. The van der Waals surface area contributed by atoms with Crippen molar-refractivity contribution in [1.82, 2.24) is 5.06 Å². The van der Waals surface area contributed by atoms with E-state index in [1.165, 1.54) is 6.42 Å². The average Bonchev–Trinajstić information content (AvgIpc) is 3.25. The van der Waals surface area contributed by atoms with Gasteiger partial charge in [0.2, 0.25) is 0 Å². The van der Waals surface area contributed by atoms with E-state index in [4.69, 9.17) is 4.84 Å². The Morgan fingerprint density at radius 2 is 1.67 bits per heavy atom. The lowest BCUT2D eigenvalue weighted by Gasteiger charge is -2.21. The summed E-state index contributed by atoms with van der Waals surface area (Å²) in [5, 5.41) is 0.617. The van der Waals surface area contributed by atoms with Gasteiger partial charge in [0.25, 0.3) is 11.8 Å². The van der Waals surface area contributed by atoms with Crippen molar-refractivity contribution in [3.05, 3.63) is 35.4 Å². The Morgan fingerprint density at radius 3 is 2.29 bits per heavy atom. The zero-order chi connectivity index (χ0) is 14.6. The van der Waals surface area contributed by atoms with Crippen molar-refractivity contribution in [3.63, 3.8) is 0 Å². The summed E-state index contributed by atoms with van der Waals surface area (Å²) in [7, 11) is 0. The van der Waals surface area contributed by atoms with Crippen LogP contribution in [0.5, 0.6) is 0 Å². The van der Waals surface area contributed by atoms with Crippen LogP contribution in [0.4, 0.5) is 0 Å². The first-order chi connectivity index (χ1) is 10.1. The first-order valence-corrected chi connectivity index (χ1v) is 7.35. The summed E-state index contributed by atoms with van der Waals surface area (Å²) < 4.78 is 0. The molecule has 21 heavy (non-hydrogen) atoms. The van der Waals surface area contributed by atoms with Gasteiger partial charge in [0.1, 0.15) is 0 Å². The van der Waals surface area contributed by atoms with E-state index < -0.39 is 17.8 Å². The van der Waals surface area contributed by atoms with Gasteiger partial charge < -0.3 is 4.84 Å². The van der Waals surface area contributed by atoms with Crippen LogP contribution in [0.15, 0.2) is 24.3 Å². The van der Waals surface area contributed by atoms with Crippen LogP contribution >= 0.6 is 0 Å². The normalized spacial score (nSPS) is 29.9. The largest absolute Gasteiger partial charge is 0.336 e. The number of carbonyl (C=O) groups excluding carboxylic acids is 3. The molecule has 0 N–H and O–H groups in total. The molecule has 2 fully saturated rings. The molecule has 1 aliphatic heterocycles. The summed E-state index contributed by atoms with van der Waals surface area (Å²) in [6, 6.07) is 6.50. The molecule has 4 rings (SSSR count). The van der Waals surface area contributed by atoms with Crippen molar-refractivity contribution in [1.29, 1.82) is 0 Å². The lowest BCUT2D eigenvalue weighted by molar-refractivity contribution is -0.174. The standard InChI is InChI=1S/C16H15NO4/c18-14-12-3-1-2-4-13(12)15(19)17(14)21-16(20)10-6-5-9-7-11(9)8-10/h1-4,9-11H,5-8H2. The highest BCUT2D eigenvalue weighted by Crippen LogP contribution is 2.51. The van der Waals surface area contributed by atoms with Gasteiger partial charge >= 0.3 is 5.97 Å². The molecule has 3 atom stereocenters. The second-order valence-corrected chi connectivity index (χ2v) is 6.13. The molecule has 3 unspecified atom stereocenters. The highest BCUT2D eigenvalue weighted by Gasteiger charge is 2.46. The van der Waals surface area contributed by atoms with E-state index in [0.717, 1.165) is 25.2 Å². The first-order valence-electron chi connectivity index (χ1n) is 7.35. The first kappa shape index (κ1) is 12.6. The van der Waals surface area contributed by atoms with Gasteiger partial charge in [-0.2, -0.15) is 0 Å². The van der Waals surface area contributed by atoms with E-state index in [2.05, 4.69) is 0 Å². The van der Waals surface area contributed by atoms with Crippen molar-refractivity contribution in [2.24, 2.45) is 17.8 Å². The number of rotatable bonds is 2. The van der Waals surface area contributed by atoms with Crippen LogP contribution in [-0.2, 0) is 9.63 Å². The SMILES string of the molecule is O=C(ON1C(=O)c2ccccc2C1=O)C1CCC2CC2C1. The molecule has 3 aliphatic rings. The fourth-order valence-corrected chi connectivity index (χ4v) is 3.48. The van der Waals surface area contributed by atoms with Crippen molar-refractivity contribution < 1.29 is 19.2 Å². The monoisotopic (exact) mass is 285 g/mol. The van der Waals surface area contributed by atoms with Gasteiger partial charge in [-0.05, 0) is 49.7 Å². The van der Waals surface area contributed by atoms with E-state index in [1.807, 2.05) is 0 Å². The third kappa shape index (κ3) is 1.95. The maximum atomic E-state index is 12.2. The molecule has 0 bridgehead atoms. The molecule has 5 nitrogen and oxygen atoms in total. The average molecular weight is 285 g/mol. The lowest BCUT2D eigenvalue weighted by atomic mass is 9.89. The van der Waals surface area contributed by atoms with Crippen LogP contribution < -0.4 is 0 Å². The van der Waals surface area contributed by atoms with Crippen LogP contribution in [0.1, 0.15) is 46.4 Å². The summed E-state index contributed by atoms with van der Waals surface area (Å²) in [5.74, 6) is -0.312. The number of hydrogen-bond donors (Lipinski definition) is 0. The van der Waals surface area contributed by atoms with Gasteiger partial charge in [-0.3, -0.25) is 9.59 Å². The van der Waals surface area contributed by atoms with Crippen LogP contribution in [0.25, 0.3) is 0 Å². The van der Waals surface area contributed by atoms with Crippen LogP contribution in [0.3, 0.4) is 0 Å². The quantitative estimate of drug-likeness (QED) is 0.781. The number of nitrogens with zero attached hydrogens (tertiary/aromatic N) is 1. The Bertz CT molecular complexity index is 618. The minimum absolute atomic E-state index is 0.182. The van der Waals surface area contributed by atoms with E-state index in [9.17, 15) is 14.4 Å². The predicted octanol–water partition coefficient (Wildman–Crippen LogP) is 2.18. The summed E-state index contributed by atoms with van der Waals surface area (Å²) >= 11 is 0. The number of carbonyl (C=O) groups is 3. The zero-order valence-corrected chi connectivity index (χ0v) is 11.5. The Morgan fingerprint density at radius 1 is 1.00 bits per heavy atom. The molecule has 0 spiro atoms. The van der Waals surface area contributed by atoms with Crippen molar-refractivity contribution in [2.45, 2.75) is 25.7 Å². The fourth-order valence-electron chi connectivity index (χ4n) is 3.48. The molecule has 1 heterocycles. The van der Waals surface area contributed by atoms with Gasteiger partial charge in [-0.15, -0.1) is 0 Å². The summed E-state index contributed by atoms with van der Waals surface area (Å²) in [6.07, 6.45) is 3.87. The molecular weight excluding hydrogens is 270 g/mol. The Balaban J connectivity index is 1.49. The van der Waals surface area contributed by atoms with E-state index >= 15 is 0 Å². The van der Waals surface area contributed by atoms with E-state index in [-0.39, 0.29) is 5.92 Å². The Labute approximate surface area is 121 Å². The molecule has 2 aliphatic carbocycles. The molecular formula is C16H15NO4. The third-order valence-electron chi connectivity index (χ3n) is 4.81. The van der Waals surface area contributed by atoms with Crippen molar-refractivity contribution in [3.8, 4) is 0 Å². The van der Waals surface area contributed by atoms with Crippen molar-refractivity contribution >= 4 is 17.8 Å². The number of fused-ring (bicyclic) bond motifs is 2. The number of amides is 2. The van der Waals surface area contributed by atoms with E-state index in [0.29, 0.717) is 22.1 Å². The minimum Gasteiger partial charge on any atom is -0.329 e. The minimum atomic E-state index is -0.552. The topological polar surface area (TPSA) is 63.7 Å². The zero-order valence-electron chi connectivity index (χ0n) is 11.5. The number of benzene rings is 1. The lowest BCUT2D eigenvalue weighted by Crippen LogP contribution is -2.35. The van der Waals surface area contributed by atoms with Crippen LogP contribution in [-0.4, -0.2) is 22.8 Å². The molecule has 0 aromatic heterocycles. The van der Waals surface area contributed by atoms with Gasteiger partial charge in [0, 0.05) is 0 Å². The second-order valence-electron chi connectivity index (χ2n) is 6.13. The molecule has 1 aromatic carbocycles. The van der Waals surface area contributed by atoms with Gasteiger partial charge in [0.05, 0.1) is 17.0 Å². The van der Waals surface area contributed by atoms with Gasteiger partial charge in [0.15, 0.2) is 0 Å². The smallest absolute Gasteiger partial charge is 0.329 e. The molecule has 0 radical (unpaired) electrons. The fraction of sp³-hybridized carbons (Fsp3) is 0.438. The summed E-state index contributed by atoms with van der Waals surface area (Å²) in [6.45, 7) is 0. The van der Waals surface area contributed by atoms with Crippen LogP contribution in [0.2, 0.25) is 0 Å². The molecule has 1 aromatic rings. The predicted molar refractivity (Wildman–Crippen MR) is 72.0 cm³/mol. The maximum absolute atomic E-state index is 12.2. The summed E-state index contributed by atoms with van der Waals surface area (Å²) in [5.41, 5.74) is 0.586. The molecule has 108 valence electrons. The van der Waals surface area contributed by atoms with E-state index in [1.54, 1.807) is 24.3 Å². The molecule has 2 amide bonds. The Hall–Kier alpha value is -2.17. The highest BCUT2D eigenvalue weighted by molar-refractivity contribution is 6.20. The van der Waals surface area contributed by atoms with Gasteiger partial charge in [-0.1, -0.05) is 17.2 Å². The number of hydroxylamine groups is 2. The number of imide groups is 1. The maximum Gasteiger partial charge on any atom is 0.336 e. The molecule has 5 heteroatoms. The highest BCUT2D eigenvalue weighted by atomic mass is 16.7. The number of hydrogen-bond acceptors (Lipinski definition) is 4. The molecule has 0 saturated heterocycles. The molecule has 2 saturated carbocycles. The second kappa shape index (κ2) is 4.41.